The molecule has 0 heterocycles. The molecule has 214 valence electrons. The van der Waals surface area contributed by atoms with E-state index in [9.17, 15) is 18.0 Å². The van der Waals surface area contributed by atoms with Gasteiger partial charge >= 0.3 is 0 Å². The molecule has 11 heteroatoms. The van der Waals surface area contributed by atoms with E-state index in [1.807, 2.05) is 20.8 Å². The number of anilines is 1. The summed E-state index contributed by atoms with van der Waals surface area (Å²) in [5.41, 5.74) is 1.57. The Labute approximate surface area is 251 Å². The summed E-state index contributed by atoms with van der Waals surface area (Å²) >= 11 is 18.9. The van der Waals surface area contributed by atoms with E-state index in [0.29, 0.717) is 27.2 Å². The first-order valence-electron chi connectivity index (χ1n) is 12.7. The fourth-order valence-corrected chi connectivity index (χ4v) is 5.92. The Morgan fingerprint density at radius 2 is 1.45 bits per heavy atom. The van der Waals surface area contributed by atoms with Gasteiger partial charge in [-0.05, 0) is 68.3 Å². The zero-order chi connectivity index (χ0) is 29.6. The Morgan fingerprint density at radius 3 is 2.00 bits per heavy atom. The molecule has 0 aromatic heterocycles. The van der Waals surface area contributed by atoms with Gasteiger partial charge in [0.05, 0.1) is 10.6 Å². The fourth-order valence-electron chi connectivity index (χ4n) is 3.86. The van der Waals surface area contributed by atoms with E-state index in [1.165, 1.54) is 29.2 Å². The second kappa shape index (κ2) is 13.7. The number of halogens is 3. The van der Waals surface area contributed by atoms with E-state index >= 15 is 0 Å². The molecule has 0 unspecified atom stereocenters. The van der Waals surface area contributed by atoms with Gasteiger partial charge in [0.15, 0.2) is 0 Å². The lowest BCUT2D eigenvalue weighted by Gasteiger charge is -2.32. The lowest BCUT2D eigenvalue weighted by molar-refractivity contribution is -0.139. The van der Waals surface area contributed by atoms with Crippen molar-refractivity contribution in [3.8, 4) is 0 Å². The summed E-state index contributed by atoms with van der Waals surface area (Å²) < 4.78 is 28.7. The molecule has 1 atom stereocenters. The van der Waals surface area contributed by atoms with Crippen LogP contribution in [0.25, 0.3) is 0 Å². The van der Waals surface area contributed by atoms with Crippen LogP contribution in [0.1, 0.15) is 31.9 Å². The molecule has 0 radical (unpaired) electrons. The van der Waals surface area contributed by atoms with Gasteiger partial charge in [-0.15, -0.1) is 0 Å². The van der Waals surface area contributed by atoms with Crippen molar-refractivity contribution in [2.45, 2.75) is 45.2 Å². The van der Waals surface area contributed by atoms with Crippen LogP contribution in [-0.4, -0.2) is 44.3 Å². The van der Waals surface area contributed by atoms with E-state index < -0.39 is 28.5 Å². The molecule has 3 aromatic carbocycles. The van der Waals surface area contributed by atoms with E-state index in [0.717, 1.165) is 9.87 Å². The third kappa shape index (κ3) is 7.91. The first-order chi connectivity index (χ1) is 18.8. The molecule has 1 N–H and O–H groups in total. The largest absolute Gasteiger partial charge is 0.354 e. The van der Waals surface area contributed by atoms with E-state index in [-0.39, 0.29) is 29.0 Å². The number of carbonyl (C=O) groups excluding carboxylic acids is 2. The van der Waals surface area contributed by atoms with Crippen molar-refractivity contribution in [1.29, 1.82) is 0 Å². The third-order valence-electron chi connectivity index (χ3n) is 6.24. The minimum atomic E-state index is -4.18. The van der Waals surface area contributed by atoms with Gasteiger partial charge in [-0.2, -0.15) is 0 Å². The normalized spacial score (nSPS) is 12.2. The first-order valence-corrected chi connectivity index (χ1v) is 15.2. The average Bonchev–Trinajstić information content (AvgIpc) is 2.90. The van der Waals surface area contributed by atoms with Crippen molar-refractivity contribution in [3.05, 3.63) is 92.9 Å². The number of amides is 2. The van der Waals surface area contributed by atoms with Gasteiger partial charge in [-0.1, -0.05) is 72.4 Å². The molecule has 3 aromatic rings. The van der Waals surface area contributed by atoms with Gasteiger partial charge in [0.2, 0.25) is 11.8 Å². The van der Waals surface area contributed by atoms with Crippen LogP contribution in [0.2, 0.25) is 15.1 Å². The maximum atomic E-state index is 14.0. The Balaban J connectivity index is 2.04. The van der Waals surface area contributed by atoms with Crippen LogP contribution < -0.4 is 9.62 Å². The Hall–Kier alpha value is -2.78. The van der Waals surface area contributed by atoms with Crippen LogP contribution in [0.5, 0.6) is 0 Å². The molecule has 2 amide bonds. The summed E-state index contributed by atoms with van der Waals surface area (Å²) in [7, 11) is -4.18. The first kappa shape index (κ1) is 31.7. The molecule has 0 fully saturated rings. The smallest absolute Gasteiger partial charge is 0.264 e. The van der Waals surface area contributed by atoms with Crippen LogP contribution >= 0.6 is 34.8 Å². The summed E-state index contributed by atoms with van der Waals surface area (Å²) in [4.78, 5) is 28.3. The maximum Gasteiger partial charge on any atom is 0.264 e. The van der Waals surface area contributed by atoms with E-state index in [2.05, 4.69) is 5.32 Å². The molecule has 0 spiro atoms. The predicted molar refractivity (Wildman–Crippen MR) is 161 cm³/mol. The Bertz CT molecular complexity index is 1430. The highest BCUT2D eigenvalue weighted by molar-refractivity contribution is 7.92. The van der Waals surface area contributed by atoms with Crippen molar-refractivity contribution in [2.75, 3.05) is 17.4 Å². The average molecular weight is 625 g/mol. The van der Waals surface area contributed by atoms with Crippen LogP contribution in [-0.2, 0) is 26.2 Å². The monoisotopic (exact) mass is 623 g/mol. The molecule has 7 nitrogen and oxygen atoms in total. The summed E-state index contributed by atoms with van der Waals surface area (Å²) in [6.45, 7) is 7.07. The molecule has 0 aliphatic carbocycles. The molecule has 0 aliphatic rings. The highest BCUT2D eigenvalue weighted by atomic mass is 35.5. The lowest BCUT2D eigenvalue weighted by Crippen LogP contribution is -2.51. The van der Waals surface area contributed by atoms with Crippen LogP contribution in [0, 0.1) is 12.8 Å². The molecule has 3 rings (SSSR count). The second-order valence-corrected chi connectivity index (χ2v) is 13.0. The standard InChI is InChI=1S/C29H32Cl3N3O4S/c1-19(2)16-33-29(37)21(4)34(17-25-26(31)6-5-7-27(25)32)28(36)18-35(23-12-10-22(30)11-13-23)40(38,39)24-14-8-20(3)9-15-24/h5-15,19,21H,16-18H2,1-4H3,(H,33,37)/t21-/m0/s1. The summed E-state index contributed by atoms with van der Waals surface area (Å²) in [6.07, 6.45) is 0. The minimum Gasteiger partial charge on any atom is -0.354 e. The van der Waals surface area contributed by atoms with Gasteiger partial charge in [0.1, 0.15) is 12.6 Å². The van der Waals surface area contributed by atoms with E-state index in [4.69, 9.17) is 34.8 Å². The van der Waals surface area contributed by atoms with Gasteiger partial charge in [0.25, 0.3) is 10.0 Å². The number of hydrogen-bond donors (Lipinski definition) is 1. The van der Waals surface area contributed by atoms with Gasteiger partial charge in [-0.25, -0.2) is 8.42 Å². The molecule has 0 aliphatic heterocycles. The Kier molecular flexibility index (Phi) is 10.9. The number of carbonyl (C=O) groups is 2. The molecular formula is C29H32Cl3N3O4S. The third-order valence-corrected chi connectivity index (χ3v) is 8.99. The number of nitrogens with one attached hydrogen (secondary N) is 1. The van der Waals surface area contributed by atoms with Crippen LogP contribution in [0.3, 0.4) is 0 Å². The molecule has 0 bridgehead atoms. The topological polar surface area (TPSA) is 86.8 Å². The summed E-state index contributed by atoms with van der Waals surface area (Å²) in [5, 5.41) is 3.89. The quantitative estimate of drug-likeness (QED) is 0.270. The number of nitrogens with zero attached hydrogens (tertiary/aromatic N) is 2. The number of sulfonamides is 1. The van der Waals surface area contributed by atoms with Crippen molar-refractivity contribution in [1.82, 2.24) is 10.2 Å². The zero-order valence-electron chi connectivity index (χ0n) is 22.7. The SMILES string of the molecule is Cc1ccc(S(=O)(=O)N(CC(=O)N(Cc2c(Cl)cccc2Cl)[C@@H](C)C(=O)NCC(C)C)c2ccc(Cl)cc2)cc1. The number of aryl methyl sites for hydroxylation is 1. The summed E-state index contributed by atoms with van der Waals surface area (Å²) in [5.74, 6) is -0.808. The number of hydrogen-bond acceptors (Lipinski definition) is 4. The van der Waals surface area contributed by atoms with Crippen molar-refractivity contribution >= 4 is 62.3 Å². The van der Waals surface area contributed by atoms with Crippen molar-refractivity contribution < 1.29 is 18.0 Å². The molecule has 0 saturated carbocycles. The maximum absolute atomic E-state index is 14.0. The molecular weight excluding hydrogens is 593 g/mol. The summed E-state index contributed by atoms with van der Waals surface area (Å²) in [6, 6.07) is 16.5. The van der Waals surface area contributed by atoms with Gasteiger partial charge in [0, 0.05) is 33.7 Å². The van der Waals surface area contributed by atoms with Gasteiger partial charge in [-0.3, -0.25) is 13.9 Å². The number of rotatable bonds is 11. The van der Waals surface area contributed by atoms with Gasteiger partial charge < -0.3 is 10.2 Å². The molecule has 0 saturated heterocycles. The minimum absolute atomic E-state index is 0.0178. The van der Waals surface area contributed by atoms with E-state index in [1.54, 1.807) is 49.4 Å². The van der Waals surface area contributed by atoms with Crippen LogP contribution in [0.4, 0.5) is 5.69 Å². The number of benzene rings is 3. The zero-order valence-corrected chi connectivity index (χ0v) is 25.8. The Morgan fingerprint density at radius 1 is 0.875 bits per heavy atom. The molecule has 40 heavy (non-hydrogen) atoms. The van der Waals surface area contributed by atoms with Crippen LogP contribution in [0.15, 0.2) is 71.6 Å². The predicted octanol–water partition coefficient (Wildman–Crippen LogP) is 6.34. The highest BCUT2D eigenvalue weighted by Crippen LogP contribution is 2.29. The second-order valence-electron chi connectivity index (χ2n) is 9.84. The lowest BCUT2D eigenvalue weighted by atomic mass is 10.1. The fraction of sp³-hybridized carbons (Fsp3) is 0.310. The van der Waals surface area contributed by atoms with Crippen molar-refractivity contribution in [2.24, 2.45) is 5.92 Å². The highest BCUT2D eigenvalue weighted by Gasteiger charge is 2.33. The van der Waals surface area contributed by atoms with Crippen molar-refractivity contribution in [3.63, 3.8) is 0 Å².